The van der Waals surface area contributed by atoms with E-state index in [0.717, 1.165) is 29.9 Å². The highest BCUT2D eigenvalue weighted by Gasteiger charge is 2.16. The summed E-state index contributed by atoms with van der Waals surface area (Å²) in [6, 6.07) is 0. The van der Waals surface area contributed by atoms with Crippen LogP contribution >= 0.6 is 0 Å². The first-order chi connectivity index (χ1) is 9.15. The molecule has 0 spiro atoms. The van der Waals surface area contributed by atoms with Crippen molar-refractivity contribution >= 4 is 5.91 Å². The fourth-order valence-electron chi connectivity index (χ4n) is 1.87. The van der Waals surface area contributed by atoms with Crippen LogP contribution in [-0.2, 0) is 28.9 Å². The van der Waals surface area contributed by atoms with E-state index in [2.05, 4.69) is 10.5 Å². The van der Waals surface area contributed by atoms with Gasteiger partial charge in [0, 0.05) is 32.2 Å². The molecule has 6 heteroatoms. The lowest BCUT2D eigenvalue weighted by molar-refractivity contribution is -0.123. The maximum Gasteiger partial charge on any atom is 0.222 e. The zero-order chi connectivity index (χ0) is 14.3. The SMILES string of the molecule is CCc1noc(CC)c1CNC(=O)CC(CN)OC. The number of nitrogens with zero attached hydrogens (tertiary/aromatic N) is 1. The molecule has 0 aliphatic carbocycles. The predicted octanol–water partition coefficient (Wildman–Crippen LogP) is 0.779. The second kappa shape index (κ2) is 7.91. The molecule has 1 atom stereocenters. The minimum absolute atomic E-state index is 0.0809. The Morgan fingerprint density at radius 3 is 2.74 bits per heavy atom. The number of aryl methyl sites for hydroxylation is 2. The van der Waals surface area contributed by atoms with Gasteiger partial charge in [-0.05, 0) is 6.42 Å². The number of nitrogens with one attached hydrogen (secondary N) is 1. The molecule has 1 aromatic heterocycles. The number of hydrogen-bond donors (Lipinski definition) is 2. The lowest BCUT2D eigenvalue weighted by Gasteiger charge is -2.12. The molecule has 0 fully saturated rings. The molecule has 0 aliphatic rings. The number of rotatable bonds is 8. The Labute approximate surface area is 113 Å². The van der Waals surface area contributed by atoms with Crippen LogP contribution in [0.4, 0.5) is 0 Å². The normalized spacial score (nSPS) is 12.4. The van der Waals surface area contributed by atoms with Crippen molar-refractivity contribution < 1.29 is 14.1 Å². The molecular formula is C13H23N3O3. The molecular weight excluding hydrogens is 246 g/mol. The number of carbonyl (C=O) groups excluding carboxylic acids is 1. The number of aromatic nitrogens is 1. The summed E-state index contributed by atoms with van der Waals surface area (Å²) in [5, 5.41) is 6.86. The summed E-state index contributed by atoms with van der Waals surface area (Å²) in [6.07, 6.45) is 1.58. The van der Waals surface area contributed by atoms with Crippen molar-refractivity contribution in [2.24, 2.45) is 5.73 Å². The van der Waals surface area contributed by atoms with Gasteiger partial charge >= 0.3 is 0 Å². The standard InChI is InChI=1S/C13H23N3O3/c1-4-11-10(12(5-2)19-16-11)8-15-13(17)6-9(7-14)18-3/h9H,4-8,14H2,1-3H3,(H,15,17). The first-order valence-electron chi connectivity index (χ1n) is 6.62. The van der Waals surface area contributed by atoms with E-state index in [1.807, 2.05) is 13.8 Å². The van der Waals surface area contributed by atoms with E-state index in [-0.39, 0.29) is 18.4 Å². The number of nitrogens with two attached hydrogens (primary N) is 1. The molecule has 1 unspecified atom stereocenters. The van der Waals surface area contributed by atoms with Crippen LogP contribution in [0.5, 0.6) is 0 Å². The molecule has 0 aliphatic heterocycles. The average molecular weight is 269 g/mol. The lowest BCUT2D eigenvalue weighted by atomic mass is 10.1. The van der Waals surface area contributed by atoms with E-state index in [4.69, 9.17) is 15.0 Å². The Morgan fingerprint density at radius 1 is 1.47 bits per heavy atom. The molecule has 0 saturated carbocycles. The van der Waals surface area contributed by atoms with Gasteiger partial charge in [0.15, 0.2) is 0 Å². The number of ether oxygens (including phenoxy) is 1. The largest absolute Gasteiger partial charge is 0.380 e. The average Bonchev–Trinajstić information content (AvgIpc) is 2.84. The Hall–Kier alpha value is -1.40. The van der Waals surface area contributed by atoms with Crippen molar-refractivity contribution in [2.75, 3.05) is 13.7 Å². The fraction of sp³-hybridized carbons (Fsp3) is 0.692. The van der Waals surface area contributed by atoms with E-state index < -0.39 is 0 Å². The third-order valence-electron chi connectivity index (χ3n) is 3.08. The Morgan fingerprint density at radius 2 is 2.21 bits per heavy atom. The van der Waals surface area contributed by atoms with Gasteiger partial charge in [0.05, 0.1) is 18.2 Å². The second-order valence-corrected chi connectivity index (χ2v) is 4.31. The van der Waals surface area contributed by atoms with Crippen LogP contribution in [-0.4, -0.2) is 30.8 Å². The van der Waals surface area contributed by atoms with Gasteiger partial charge < -0.3 is 20.3 Å². The third-order valence-corrected chi connectivity index (χ3v) is 3.08. The fourth-order valence-corrected chi connectivity index (χ4v) is 1.87. The van der Waals surface area contributed by atoms with E-state index in [0.29, 0.717) is 13.1 Å². The molecule has 108 valence electrons. The Balaban J connectivity index is 2.56. The lowest BCUT2D eigenvalue weighted by Crippen LogP contribution is -2.32. The molecule has 1 aromatic rings. The van der Waals surface area contributed by atoms with Crippen LogP contribution in [0.15, 0.2) is 4.52 Å². The van der Waals surface area contributed by atoms with Gasteiger partial charge in [-0.15, -0.1) is 0 Å². The highest BCUT2D eigenvalue weighted by Crippen LogP contribution is 2.15. The van der Waals surface area contributed by atoms with Gasteiger partial charge in [-0.2, -0.15) is 0 Å². The summed E-state index contributed by atoms with van der Waals surface area (Å²) >= 11 is 0. The van der Waals surface area contributed by atoms with Crippen LogP contribution in [0.2, 0.25) is 0 Å². The first kappa shape index (κ1) is 15.7. The molecule has 1 rings (SSSR count). The van der Waals surface area contributed by atoms with Crippen LogP contribution in [0, 0.1) is 0 Å². The first-order valence-corrected chi connectivity index (χ1v) is 6.62. The number of amides is 1. The maximum atomic E-state index is 11.8. The number of hydrogen-bond acceptors (Lipinski definition) is 5. The minimum Gasteiger partial charge on any atom is -0.380 e. The molecule has 0 aromatic carbocycles. The minimum atomic E-state index is -0.237. The predicted molar refractivity (Wildman–Crippen MR) is 71.6 cm³/mol. The summed E-state index contributed by atoms with van der Waals surface area (Å²) in [5.74, 6) is 0.752. The van der Waals surface area contributed by atoms with Gasteiger partial charge in [0.25, 0.3) is 0 Å². The van der Waals surface area contributed by atoms with E-state index >= 15 is 0 Å². The zero-order valence-corrected chi connectivity index (χ0v) is 11.9. The third kappa shape index (κ3) is 4.33. The monoisotopic (exact) mass is 269 g/mol. The smallest absolute Gasteiger partial charge is 0.222 e. The second-order valence-electron chi connectivity index (χ2n) is 4.31. The van der Waals surface area contributed by atoms with Crippen LogP contribution in [0.1, 0.15) is 37.3 Å². The van der Waals surface area contributed by atoms with Crippen molar-refractivity contribution in [2.45, 2.75) is 45.8 Å². The van der Waals surface area contributed by atoms with Gasteiger partial charge in [0.1, 0.15) is 5.76 Å². The highest BCUT2D eigenvalue weighted by atomic mass is 16.5. The molecule has 0 radical (unpaired) electrons. The molecule has 6 nitrogen and oxygen atoms in total. The molecule has 0 saturated heterocycles. The van der Waals surface area contributed by atoms with Gasteiger partial charge in [-0.25, -0.2) is 0 Å². The Bertz CT molecular complexity index is 378. The maximum absolute atomic E-state index is 11.8. The van der Waals surface area contributed by atoms with E-state index in [9.17, 15) is 4.79 Å². The molecule has 19 heavy (non-hydrogen) atoms. The quantitative estimate of drug-likeness (QED) is 0.728. The van der Waals surface area contributed by atoms with E-state index in [1.54, 1.807) is 7.11 Å². The van der Waals surface area contributed by atoms with Crippen molar-refractivity contribution in [3.8, 4) is 0 Å². The molecule has 1 amide bonds. The topological polar surface area (TPSA) is 90.4 Å². The Kier molecular flexibility index (Phi) is 6.52. The zero-order valence-electron chi connectivity index (χ0n) is 11.9. The van der Waals surface area contributed by atoms with Crippen molar-refractivity contribution in [3.05, 3.63) is 17.0 Å². The summed E-state index contributed by atoms with van der Waals surface area (Å²) in [5.41, 5.74) is 7.37. The highest BCUT2D eigenvalue weighted by molar-refractivity contribution is 5.76. The van der Waals surface area contributed by atoms with Crippen molar-refractivity contribution in [1.29, 1.82) is 0 Å². The number of methoxy groups -OCH3 is 1. The van der Waals surface area contributed by atoms with Gasteiger partial charge in [0.2, 0.25) is 5.91 Å². The summed E-state index contributed by atoms with van der Waals surface area (Å²) in [7, 11) is 1.55. The number of carbonyl (C=O) groups is 1. The van der Waals surface area contributed by atoms with Crippen LogP contribution in [0.25, 0.3) is 0 Å². The van der Waals surface area contributed by atoms with E-state index in [1.165, 1.54) is 0 Å². The van der Waals surface area contributed by atoms with Crippen molar-refractivity contribution in [3.63, 3.8) is 0 Å². The van der Waals surface area contributed by atoms with Crippen LogP contribution in [0.3, 0.4) is 0 Å². The summed E-state index contributed by atoms with van der Waals surface area (Å²) in [6.45, 7) is 4.78. The van der Waals surface area contributed by atoms with Gasteiger partial charge in [-0.3, -0.25) is 4.79 Å². The molecule has 3 N–H and O–H groups in total. The van der Waals surface area contributed by atoms with Crippen LogP contribution < -0.4 is 11.1 Å². The summed E-state index contributed by atoms with van der Waals surface area (Å²) in [4.78, 5) is 11.8. The van der Waals surface area contributed by atoms with Crippen molar-refractivity contribution in [1.82, 2.24) is 10.5 Å². The molecule has 0 bridgehead atoms. The van der Waals surface area contributed by atoms with Gasteiger partial charge in [-0.1, -0.05) is 19.0 Å². The molecule has 1 heterocycles. The summed E-state index contributed by atoms with van der Waals surface area (Å²) < 4.78 is 10.3.